The highest BCUT2D eigenvalue weighted by molar-refractivity contribution is 6.05. The van der Waals surface area contributed by atoms with Crippen LogP contribution in [0.1, 0.15) is 28.7 Å². The molecule has 2 amide bonds. The van der Waals surface area contributed by atoms with E-state index in [0.29, 0.717) is 31.8 Å². The number of hydrogen-bond acceptors (Lipinski definition) is 5. The van der Waals surface area contributed by atoms with Gasteiger partial charge in [0.2, 0.25) is 0 Å². The van der Waals surface area contributed by atoms with Crippen molar-refractivity contribution >= 4 is 28.7 Å². The summed E-state index contributed by atoms with van der Waals surface area (Å²) in [6.45, 7) is 7.70. The van der Waals surface area contributed by atoms with E-state index in [1.165, 1.54) is 0 Å². The maximum Gasteiger partial charge on any atom is 0.409 e. The Morgan fingerprint density at radius 3 is 2.56 bits per heavy atom. The highest BCUT2D eigenvalue weighted by Crippen LogP contribution is 2.22. The Morgan fingerprint density at radius 2 is 1.84 bits per heavy atom. The van der Waals surface area contributed by atoms with E-state index in [1.54, 1.807) is 4.90 Å². The predicted octanol–water partition coefficient (Wildman–Crippen LogP) is 3.41. The van der Waals surface area contributed by atoms with Crippen LogP contribution in [-0.4, -0.2) is 64.1 Å². The van der Waals surface area contributed by atoms with Gasteiger partial charge in [0, 0.05) is 44.5 Å². The predicted molar refractivity (Wildman–Crippen MR) is 124 cm³/mol. The second kappa shape index (κ2) is 9.40. The van der Waals surface area contributed by atoms with Crippen LogP contribution in [0.15, 0.2) is 42.5 Å². The lowest BCUT2D eigenvalue weighted by atomic mass is 10.1. The molecule has 0 saturated carbocycles. The molecule has 168 valence electrons. The number of benzene rings is 2. The highest BCUT2D eigenvalue weighted by atomic mass is 16.6. The van der Waals surface area contributed by atoms with Gasteiger partial charge >= 0.3 is 6.09 Å². The molecular formula is C24H29N5O3. The lowest BCUT2D eigenvalue weighted by Gasteiger charge is -2.33. The third-order valence-electron chi connectivity index (χ3n) is 5.88. The Kier molecular flexibility index (Phi) is 6.41. The number of carbonyl (C=O) groups excluding carboxylic acids is 2. The second-order valence-corrected chi connectivity index (χ2v) is 8.02. The molecule has 1 N–H and O–H groups in total. The van der Waals surface area contributed by atoms with Crippen molar-refractivity contribution in [2.24, 2.45) is 7.05 Å². The first kappa shape index (κ1) is 21.8. The minimum absolute atomic E-state index is 0.127. The summed E-state index contributed by atoms with van der Waals surface area (Å²) < 4.78 is 7.17. The molecule has 2 heterocycles. The Hall–Kier alpha value is -3.39. The molecule has 1 aliphatic heterocycles. The van der Waals surface area contributed by atoms with Crippen molar-refractivity contribution in [3.8, 4) is 0 Å². The number of fused-ring (bicyclic) bond motifs is 1. The molecule has 0 unspecified atom stereocenters. The normalized spacial score (nSPS) is 14.5. The van der Waals surface area contributed by atoms with Crippen LogP contribution in [0.3, 0.4) is 0 Å². The molecule has 8 nitrogen and oxygen atoms in total. The molecule has 1 aromatic heterocycles. The summed E-state index contributed by atoms with van der Waals surface area (Å²) in [5.74, 6) is 0.824. The van der Waals surface area contributed by atoms with Crippen molar-refractivity contribution in [1.29, 1.82) is 0 Å². The third kappa shape index (κ3) is 4.60. The van der Waals surface area contributed by atoms with Crippen molar-refractivity contribution < 1.29 is 14.3 Å². The standard InChI is InChI=1S/C24H29N5O3/c1-4-32-24(31)29-13-11-28(12-14-29)16-22-26-20-15-18(9-10-21(20)27(22)3)25-23(30)19-8-6-5-7-17(19)2/h5-10,15H,4,11-14,16H2,1-3H3,(H,25,30). The van der Waals surface area contributed by atoms with Crippen molar-refractivity contribution in [2.75, 3.05) is 38.1 Å². The van der Waals surface area contributed by atoms with Crippen molar-refractivity contribution in [2.45, 2.75) is 20.4 Å². The van der Waals surface area contributed by atoms with E-state index in [0.717, 1.165) is 41.2 Å². The summed E-state index contributed by atoms with van der Waals surface area (Å²) in [5.41, 5.74) is 4.18. The van der Waals surface area contributed by atoms with Crippen LogP contribution in [0.25, 0.3) is 11.0 Å². The van der Waals surface area contributed by atoms with Crippen molar-refractivity contribution in [3.63, 3.8) is 0 Å². The average Bonchev–Trinajstić information content (AvgIpc) is 3.09. The van der Waals surface area contributed by atoms with Crippen LogP contribution in [0.5, 0.6) is 0 Å². The largest absolute Gasteiger partial charge is 0.450 e. The van der Waals surface area contributed by atoms with Gasteiger partial charge in [-0.3, -0.25) is 9.69 Å². The smallest absolute Gasteiger partial charge is 0.409 e. The molecule has 1 fully saturated rings. The van der Waals surface area contributed by atoms with E-state index in [9.17, 15) is 9.59 Å². The Labute approximate surface area is 187 Å². The first-order valence-corrected chi connectivity index (χ1v) is 10.9. The number of carbonyl (C=O) groups is 2. The van der Waals surface area contributed by atoms with Gasteiger partial charge in [0.05, 0.1) is 24.2 Å². The molecule has 1 saturated heterocycles. The SMILES string of the molecule is CCOC(=O)N1CCN(Cc2nc3cc(NC(=O)c4ccccc4C)ccc3n2C)CC1. The third-order valence-corrected chi connectivity index (χ3v) is 5.88. The summed E-state index contributed by atoms with van der Waals surface area (Å²) in [4.78, 5) is 33.4. The molecule has 0 aliphatic carbocycles. The number of rotatable bonds is 5. The summed E-state index contributed by atoms with van der Waals surface area (Å²) in [5, 5.41) is 2.98. The van der Waals surface area contributed by atoms with E-state index < -0.39 is 0 Å². The fourth-order valence-electron chi connectivity index (χ4n) is 4.00. The molecule has 2 aromatic carbocycles. The van der Waals surface area contributed by atoms with Gasteiger partial charge in [-0.15, -0.1) is 0 Å². The minimum Gasteiger partial charge on any atom is -0.450 e. The van der Waals surface area contributed by atoms with Gasteiger partial charge in [-0.05, 0) is 43.7 Å². The van der Waals surface area contributed by atoms with Gasteiger partial charge in [-0.1, -0.05) is 18.2 Å². The molecular weight excluding hydrogens is 406 g/mol. The van der Waals surface area contributed by atoms with Gasteiger partial charge < -0.3 is 19.5 Å². The number of aromatic nitrogens is 2. The molecule has 4 rings (SSSR count). The zero-order valence-corrected chi connectivity index (χ0v) is 18.8. The number of nitrogens with zero attached hydrogens (tertiary/aromatic N) is 4. The van der Waals surface area contributed by atoms with E-state index in [-0.39, 0.29) is 12.0 Å². The lowest BCUT2D eigenvalue weighted by molar-refractivity contribution is 0.0770. The number of ether oxygens (including phenoxy) is 1. The Balaban J connectivity index is 1.43. The molecule has 1 aliphatic rings. The lowest BCUT2D eigenvalue weighted by Crippen LogP contribution is -2.48. The maximum atomic E-state index is 12.6. The molecule has 0 spiro atoms. The first-order valence-electron chi connectivity index (χ1n) is 10.9. The molecule has 0 radical (unpaired) electrons. The first-order chi connectivity index (χ1) is 15.5. The number of amides is 2. The maximum absolute atomic E-state index is 12.6. The summed E-state index contributed by atoms with van der Waals surface area (Å²) in [7, 11) is 2.01. The minimum atomic E-state index is -0.241. The fourth-order valence-corrected chi connectivity index (χ4v) is 4.00. The molecule has 0 bridgehead atoms. The van der Waals surface area contributed by atoms with Crippen LogP contribution in [0, 0.1) is 6.92 Å². The van der Waals surface area contributed by atoms with E-state index >= 15 is 0 Å². The average molecular weight is 436 g/mol. The van der Waals surface area contributed by atoms with Crippen LogP contribution < -0.4 is 5.32 Å². The molecule has 8 heteroatoms. The monoisotopic (exact) mass is 435 g/mol. The number of anilines is 1. The quantitative estimate of drug-likeness (QED) is 0.664. The number of nitrogens with one attached hydrogen (secondary N) is 1. The topological polar surface area (TPSA) is 79.7 Å². The zero-order chi connectivity index (χ0) is 22.7. The molecule has 32 heavy (non-hydrogen) atoms. The molecule has 0 atom stereocenters. The van der Waals surface area contributed by atoms with Crippen LogP contribution >= 0.6 is 0 Å². The summed E-state index contributed by atoms with van der Waals surface area (Å²) >= 11 is 0. The second-order valence-electron chi connectivity index (χ2n) is 8.02. The van der Waals surface area contributed by atoms with Crippen LogP contribution in [0.2, 0.25) is 0 Å². The highest BCUT2D eigenvalue weighted by Gasteiger charge is 2.23. The van der Waals surface area contributed by atoms with E-state index in [1.807, 2.05) is 63.4 Å². The van der Waals surface area contributed by atoms with E-state index in [2.05, 4.69) is 14.8 Å². The fraction of sp³-hybridized carbons (Fsp3) is 0.375. The van der Waals surface area contributed by atoms with Crippen molar-refractivity contribution in [1.82, 2.24) is 19.4 Å². The number of imidazole rings is 1. The van der Waals surface area contributed by atoms with Gasteiger partial charge in [0.25, 0.3) is 5.91 Å². The molecule has 3 aromatic rings. The Morgan fingerprint density at radius 1 is 1.09 bits per heavy atom. The van der Waals surface area contributed by atoms with Gasteiger partial charge in [-0.2, -0.15) is 0 Å². The Bertz CT molecular complexity index is 1130. The van der Waals surface area contributed by atoms with Gasteiger partial charge in [0.15, 0.2) is 0 Å². The number of hydrogen-bond donors (Lipinski definition) is 1. The van der Waals surface area contributed by atoms with Gasteiger partial charge in [-0.25, -0.2) is 9.78 Å². The number of piperazine rings is 1. The summed E-state index contributed by atoms with van der Waals surface area (Å²) in [6, 6.07) is 13.3. The number of aryl methyl sites for hydroxylation is 2. The van der Waals surface area contributed by atoms with E-state index in [4.69, 9.17) is 9.72 Å². The summed E-state index contributed by atoms with van der Waals surface area (Å²) in [6.07, 6.45) is -0.241. The van der Waals surface area contributed by atoms with Crippen LogP contribution in [0.4, 0.5) is 10.5 Å². The van der Waals surface area contributed by atoms with Crippen LogP contribution in [-0.2, 0) is 18.3 Å². The van der Waals surface area contributed by atoms with Crippen molar-refractivity contribution in [3.05, 3.63) is 59.4 Å². The zero-order valence-electron chi connectivity index (χ0n) is 18.8. The van der Waals surface area contributed by atoms with Gasteiger partial charge in [0.1, 0.15) is 5.82 Å².